The number of esters is 1. The first-order chi connectivity index (χ1) is 8.38. The molecule has 0 saturated heterocycles. The molecular formula is C14H28O3Si. The third-order valence-corrected chi connectivity index (χ3v) is 6.19. The zero-order valence-electron chi connectivity index (χ0n) is 12.4. The van der Waals surface area contributed by atoms with Crippen LogP contribution in [0.25, 0.3) is 0 Å². The highest BCUT2D eigenvalue weighted by Crippen LogP contribution is 2.18. The molecule has 106 valence electrons. The molecule has 0 rings (SSSR count). The standard InChI is InChI=1S/C14H28O3Si/c1-7-13(15)16-14(8-2)17-18(9-11(3)4)10-12(5)6/h7,11-12,14,18H,1,8-10H2,2-6H3. The van der Waals surface area contributed by atoms with E-state index in [4.69, 9.17) is 9.16 Å². The lowest BCUT2D eigenvalue weighted by Gasteiger charge is -2.25. The van der Waals surface area contributed by atoms with Crippen LogP contribution >= 0.6 is 0 Å². The maximum atomic E-state index is 11.2. The SMILES string of the molecule is C=CC(=O)OC(CC)O[SiH](CC(C)C)CC(C)C. The zero-order chi connectivity index (χ0) is 14.1. The predicted octanol–water partition coefficient (Wildman–Crippen LogP) is 3.50. The third-order valence-electron chi connectivity index (χ3n) is 2.56. The van der Waals surface area contributed by atoms with Crippen molar-refractivity contribution in [2.24, 2.45) is 11.8 Å². The molecule has 0 aliphatic rings. The van der Waals surface area contributed by atoms with Crippen molar-refractivity contribution in [3.05, 3.63) is 12.7 Å². The van der Waals surface area contributed by atoms with Crippen molar-refractivity contribution in [2.75, 3.05) is 0 Å². The van der Waals surface area contributed by atoms with Gasteiger partial charge in [-0.3, -0.25) is 0 Å². The van der Waals surface area contributed by atoms with Gasteiger partial charge in [-0.15, -0.1) is 0 Å². The molecule has 0 heterocycles. The number of hydrogen-bond acceptors (Lipinski definition) is 3. The third kappa shape index (κ3) is 8.47. The van der Waals surface area contributed by atoms with E-state index < -0.39 is 21.3 Å². The van der Waals surface area contributed by atoms with E-state index in [2.05, 4.69) is 34.3 Å². The quantitative estimate of drug-likeness (QED) is 0.279. The van der Waals surface area contributed by atoms with E-state index in [0.29, 0.717) is 18.3 Å². The summed E-state index contributed by atoms with van der Waals surface area (Å²) >= 11 is 0. The second-order valence-corrected chi connectivity index (χ2v) is 7.95. The fourth-order valence-electron chi connectivity index (χ4n) is 1.86. The molecule has 0 amide bonds. The summed E-state index contributed by atoms with van der Waals surface area (Å²) in [6.07, 6.45) is 1.48. The van der Waals surface area contributed by atoms with E-state index in [1.807, 2.05) is 6.92 Å². The van der Waals surface area contributed by atoms with Gasteiger partial charge in [0.05, 0.1) is 0 Å². The van der Waals surface area contributed by atoms with E-state index in [1.165, 1.54) is 6.08 Å². The highest BCUT2D eigenvalue weighted by atomic mass is 28.3. The Kier molecular flexibility index (Phi) is 9.02. The molecule has 0 saturated carbocycles. The van der Waals surface area contributed by atoms with Crippen LogP contribution in [0.15, 0.2) is 12.7 Å². The first kappa shape index (κ1) is 17.4. The zero-order valence-corrected chi connectivity index (χ0v) is 13.6. The fraction of sp³-hybridized carbons (Fsp3) is 0.786. The van der Waals surface area contributed by atoms with Gasteiger partial charge in [0.25, 0.3) is 0 Å². The van der Waals surface area contributed by atoms with E-state index in [9.17, 15) is 4.79 Å². The van der Waals surface area contributed by atoms with E-state index in [-0.39, 0.29) is 0 Å². The summed E-state index contributed by atoms with van der Waals surface area (Å²) in [6, 6.07) is 2.25. The van der Waals surface area contributed by atoms with Crippen LogP contribution in [0.3, 0.4) is 0 Å². The van der Waals surface area contributed by atoms with Gasteiger partial charge >= 0.3 is 5.97 Å². The van der Waals surface area contributed by atoms with Crippen molar-refractivity contribution in [3.63, 3.8) is 0 Å². The van der Waals surface area contributed by atoms with Crippen LogP contribution in [-0.4, -0.2) is 21.3 Å². The summed E-state index contributed by atoms with van der Waals surface area (Å²) in [6.45, 7) is 14.2. The number of rotatable bonds is 9. The Hall–Kier alpha value is -0.613. The lowest BCUT2D eigenvalue weighted by atomic mass is 10.3. The molecule has 0 aromatic rings. The Balaban J connectivity index is 4.40. The molecule has 0 aromatic heterocycles. The van der Waals surface area contributed by atoms with Crippen molar-refractivity contribution >= 4 is 15.0 Å². The summed E-state index contributed by atoms with van der Waals surface area (Å²) in [4.78, 5) is 11.2. The predicted molar refractivity (Wildman–Crippen MR) is 77.9 cm³/mol. The minimum Gasteiger partial charge on any atom is -0.434 e. The molecule has 0 aromatic carbocycles. The highest BCUT2D eigenvalue weighted by molar-refractivity contribution is 6.52. The first-order valence-electron chi connectivity index (χ1n) is 6.87. The molecule has 0 N–H and O–H groups in total. The molecule has 0 spiro atoms. The maximum Gasteiger partial charge on any atom is 0.332 e. The van der Waals surface area contributed by atoms with Gasteiger partial charge in [0.15, 0.2) is 15.3 Å². The topological polar surface area (TPSA) is 35.5 Å². The van der Waals surface area contributed by atoms with Gasteiger partial charge in [-0.25, -0.2) is 4.79 Å². The van der Waals surface area contributed by atoms with Gasteiger partial charge in [-0.1, -0.05) is 41.2 Å². The Morgan fingerprint density at radius 2 is 1.72 bits per heavy atom. The summed E-state index contributed by atoms with van der Waals surface area (Å²) in [5, 5.41) is 0. The maximum absolute atomic E-state index is 11.2. The lowest BCUT2D eigenvalue weighted by molar-refractivity contribution is -0.158. The van der Waals surface area contributed by atoms with E-state index in [1.54, 1.807) is 0 Å². The largest absolute Gasteiger partial charge is 0.434 e. The summed E-state index contributed by atoms with van der Waals surface area (Å²) in [5.74, 6) is 0.866. The Morgan fingerprint density at radius 3 is 2.06 bits per heavy atom. The Morgan fingerprint density at radius 1 is 1.22 bits per heavy atom. The van der Waals surface area contributed by atoms with Crippen molar-refractivity contribution in [3.8, 4) is 0 Å². The molecule has 1 atom stereocenters. The van der Waals surface area contributed by atoms with Crippen LogP contribution in [0.1, 0.15) is 41.0 Å². The van der Waals surface area contributed by atoms with Crippen molar-refractivity contribution in [1.29, 1.82) is 0 Å². The average molecular weight is 272 g/mol. The monoisotopic (exact) mass is 272 g/mol. The fourth-order valence-corrected chi connectivity index (χ4v) is 5.05. The normalized spacial score (nSPS) is 13.1. The number of carbonyl (C=O) groups excluding carboxylic acids is 1. The number of ether oxygens (including phenoxy) is 1. The van der Waals surface area contributed by atoms with Crippen molar-refractivity contribution < 1.29 is 14.0 Å². The smallest absolute Gasteiger partial charge is 0.332 e. The molecule has 1 unspecified atom stereocenters. The number of hydrogen-bond donors (Lipinski definition) is 0. The van der Waals surface area contributed by atoms with Crippen LogP contribution in [0.5, 0.6) is 0 Å². The van der Waals surface area contributed by atoms with Crippen molar-refractivity contribution in [2.45, 2.75) is 59.4 Å². The van der Waals surface area contributed by atoms with Gasteiger partial charge in [-0.05, 0) is 23.9 Å². The average Bonchev–Trinajstić information content (AvgIpc) is 2.25. The molecular weight excluding hydrogens is 244 g/mol. The Labute approximate surface area is 113 Å². The molecule has 3 nitrogen and oxygen atoms in total. The van der Waals surface area contributed by atoms with Gasteiger partial charge in [0, 0.05) is 12.5 Å². The van der Waals surface area contributed by atoms with Crippen LogP contribution in [0.2, 0.25) is 12.1 Å². The van der Waals surface area contributed by atoms with Crippen LogP contribution in [-0.2, 0) is 14.0 Å². The summed E-state index contributed by atoms with van der Waals surface area (Å²) in [7, 11) is -1.31. The van der Waals surface area contributed by atoms with E-state index >= 15 is 0 Å². The van der Waals surface area contributed by atoms with Gasteiger partial charge in [0.1, 0.15) is 0 Å². The Bertz CT molecular complexity index is 241. The molecule has 0 radical (unpaired) electrons. The van der Waals surface area contributed by atoms with Crippen LogP contribution < -0.4 is 0 Å². The lowest BCUT2D eigenvalue weighted by Crippen LogP contribution is -2.31. The summed E-state index contributed by atoms with van der Waals surface area (Å²) < 4.78 is 11.2. The highest BCUT2D eigenvalue weighted by Gasteiger charge is 2.21. The van der Waals surface area contributed by atoms with Gasteiger partial charge < -0.3 is 9.16 Å². The second-order valence-electron chi connectivity index (χ2n) is 5.50. The van der Waals surface area contributed by atoms with Crippen LogP contribution in [0, 0.1) is 11.8 Å². The molecule has 4 heteroatoms. The van der Waals surface area contributed by atoms with Crippen LogP contribution in [0.4, 0.5) is 0 Å². The molecule has 0 aliphatic heterocycles. The molecule has 0 aliphatic carbocycles. The molecule has 0 bridgehead atoms. The minimum atomic E-state index is -1.31. The van der Waals surface area contributed by atoms with Gasteiger partial charge in [0.2, 0.25) is 0 Å². The number of carbonyl (C=O) groups is 1. The second kappa shape index (κ2) is 9.33. The molecule has 18 heavy (non-hydrogen) atoms. The van der Waals surface area contributed by atoms with Crippen molar-refractivity contribution in [1.82, 2.24) is 0 Å². The van der Waals surface area contributed by atoms with Gasteiger partial charge in [-0.2, -0.15) is 0 Å². The minimum absolute atomic E-state index is 0.398. The van der Waals surface area contributed by atoms with E-state index in [0.717, 1.165) is 12.1 Å². The molecule has 0 fully saturated rings. The first-order valence-corrected chi connectivity index (χ1v) is 8.97. The summed E-state index contributed by atoms with van der Waals surface area (Å²) in [5.41, 5.74) is 0.